The summed E-state index contributed by atoms with van der Waals surface area (Å²) in [7, 11) is 0. The second kappa shape index (κ2) is 7.37. The number of fused-ring (bicyclic) bond motifs is 1. The summed E-state index contributed by atoms with van der Waals surface area (Å²) in [5.74, 6) is 0.850. The van der Waals surface area contributed by atoms with Gasteiger partial charge in [-0.2, -0.15) is 0 Å². The van der Waals surface area contributed by atoms with Crippen LogP contribution in [0.4, 0.5) is 0 Å². The molecule has 0 aliphatic carbocycles. The Bertz CT molecular complexity index is 508. The van der Waals surface area contributed by atoms with E-state index in [4.69, 9.17) is 21.1 Å². The molecule has 0 saturated carbocycles. The van der Waals surface area contributed by atoms with Crippen molar-refractivity contribution in [2.75, 3.05) is 13.2 Å². The zero-order valence-corrected chi connectivity index (χ0v) is 11.9. The first kappa shape index (κ1) is 14.2. The van der Waals surface area contributed by atoms with Crippen LogP contribution in [0.1, 0.15) is 19.8 Å². The molecule has 102 valence electrons. The van der Waals surface area contributed by atoms with Gasteiger partial charge in [0.05, 0.1) is 0 Å². The van der Waals surface area contributed by atoms with Gasteiger partial charge in [-0.25, -0.2) is 0 Å². The van der Waals surface area contributed by atoms with Crippen LogP contribution in [-0.2, 0) is 4.74 Å². The molecule has 0 fully saturated rings. The van der Waals surface area contributed by atoms with E-state index in [1.807, 2.05) is 30.3 Å². The minimum atomic E-state index is -0.398. The lowest BCUT2D eigenvalue weighted by Gasteiger charge is -2.13. The van der Waals surface area contributed by atoms with Crippen LogP contribution in [0.3, 0.4) is 0 Å². The maximum atomic E-state index is 6.07. The zero-order valence-electron chi connectivity index (χ0n) is 11.1. The topological polar surface area (TPSA) is 18.5 Å². The summed E-state index contributed by atoms with van der Waals surface area (Å²) in [6, 6.07) is 14.1. The van der Waals surface area contributed by atoms with E-state index in [0.29, 0.717) is 13.2 Å². The van der Waals surface area contributed by atoms with Crippen molar-refractivity contribution in [1.82, 2.24) is 0 Å². The molecule has 0 spiro atoms. The molecular weight excluding hydrogens is 260 g/mol. The lowest BCUT2D eigenvalue weighted by Crippen LogP contribution is -2.16. The lowest BCUT2D eigenvalue weighted by molar-refractivity contribution is 0.0702. The Morgan fingerprint density at radius 2 is 1.89 bits per heavy atom. The number of benzene rings is 2. The number of unbranched alkanes of at least 4 members (excludes halogenated alkanes) is 1. The third kappa shape index (κ3) is 4.12. The minimum Gasteiger partial charge on any atom is -0.489 e. The average molecular weight is 279 g/mol. The van der Waals surface area contributed by atoms with Crippen molar-refractivity contribution in [3.8, 4) is 5.75 Å². The van der Waals surface area contributed by atoms with E-state index in [-0.39, 0.29) is 0 Å². The average Bonchev–Trinajstić information content (AvgIpc) is 2.45. The Hall–Kier alpha value is -1.25. The van der Waals surface area contributed by atoms with E-state index in [1.165, 1.54) is 0 Å². The van der Waals surface area contributed by atoms with Crippen LogP contribution in [0.2, 0.25) is 0 Å². The molecule has 1 atom stereocenters. The van der Waals surface area contributed by atoms with Crippen LogP contribution in [0.5, 0.6) is 5.75 Å². The normalized spacial score (nSPS) is 12.5. The molecule has 1 unspecified atom stereocenters. The second-order valence-electron chi connectivity index (χ2n) is 4.42. The van der Waals surface area contributed by atoms with E-state index in [0.717, 1.165) is 29.4 Å². The highest BCUT2D eigenvalue weighted by atomic mass is 35.5. The fourth-order valence-electron chi connectivity index (χ4n) is 1.88. The van der Waals surface area contributed by atoms with Gasteiger partial charge in [0.25, 0.3) is 0 Å². The molecule has 2 rings (SSSR count). The number of alkyl halides is 1. The van der Waals surface area contributed by atoms with Crippen LogP contribution in [0, 0.1) is 0 Å². The van der Waals surface area contributed by atoms with Crippen molar-refractivity contribution in [2.24, 2.45) is 0 Å². The Balaban J connectivity index is 1.94. The van der Waals surface area contributed by atoms with E-state index in [2.05, 4.69) is 19.1 Å². The summed E-state index contributed by atoms with van der Waals surface area (Å²) in [4.78, 5) is 0. The van der Waals surface area contributed by atoms with Crippen LogP contribution < -0.4 is 4.74 Å². The van der Waals surface area contributed by atoms with Gasteiger partial charge in [-0.3, -0.25) is 0 Å². The highest BCUT2D eigenvalue weighted by Gasteiger charge is 2.07. The van der Waals surface area contributed by atoms with Crippen molar-refractivity contribution >= 4 is 22.4 Å². The maximum Gasteiger partial charge on any atom is 0.164 e. The molecular formula is C16H19ClO2. The van der Waals surface area contributed by atoms with Gasteiger partial charge in [0, 0.05) is 12.0 Å². The predicted molar refractivity (Wildman–Crippen MR) is 79.9 cm³/mol. The third-order valence-electron chi connectivity index (χ3n) is 2.92. The molecule has 3 heteroatoms. The summed E-state index contributed by atoms with van der Waals surface area (Å²) in [6.07, 6.45) is 2.13. The van der Waals surface area contributed by atoms with E-state index in [1.54, 1.807) is 0 Å². The molecule has 0 radical (unpaired) electrons. The Morgan fingerprint density at radius 3 is 2.74 bits per heavy atom. The smallest absolute Gasteiger partial charge is 0.164 e. The molecule has 2 aromatic rings. The van der Waals surface area contributed by atoms with Gasteiger partial charge >= 0.3 is 0 Å². The first-order valence-electron chi connectivity index (χ1n) is 6.67. The summed E-state index contributed by atoms with van der Waals surface area (Å²) < 4.78 is 11.2. The highest BCUT2D eigenvalue weighted by molar-refractivity contribution is 6.19. The van der Waals surface area contributed by atoms with Gasteiger partial charge in [0.15, 0.2) is 5.56 Å². The van der Waals surface area contributed by atoms with Crippen molar-refractivity contribution < 1.29 is 9.47 Å². The lowest BCUT2D eigenvalue weighted by atomic mass is 10.1. The summed E-state index contributed by atoms with van der Waals surface area (Å²) in [5, 5.41) is 2.26. The summed E-state index contributed by atoms with van der Waals surface area (Å²) in [5.41, 5.74) is -0.398. The van der Waals surface area contributed by atoms with E-state index in [9.17, 15) is 0 Å². The molecule has 0 aliphatic heterocycles. The van der Waals surface area contributed by atoms with Crippen molar-refractivity contribution in [3.63, 3.8) is 0 Å². The van der Waals surface area contributed by atoms with E-state index < -0.39 is 5.56 Å². The molecule has 19 heavy (non-hydrogen) atoms. The maximum absolute atomic E-state index is 6.07. The third-order valence-corrected chi connectivity index (χ3v) is 3.17. The zero-order chi connectivity index (χ0) is 13.5. The Morgan fingerprint density at radius 1 is 1.11 bits per heavy atom. The Kier molecular flexibility index (Phi) is 5.49. The molecule has 0 amide bonds. The molecule has 2 aromatic carbocycles. The largest absolute Gasteiger partial charge is 0.489 e. The summed E-state index contributed by atoms with van der Waals surface area (Å²) >= 11 is 6.07. The number of rotatable bonds is 7. The Labute approximate surface area is 119 Å². The highest BCUT2D eigenvalue weighted by Crippen LogP contribution is 2.25. The number of halogens is 1. The van der Waals surface area contributed by atoms with Gasteiger partial charge in [-0.05, 0) is 17.9 Å². The fourth-order valence-corrected chi connectivity index (χ4v) is 2.03. The van der Waals surface area contributed by atoms with Gasteiger partial charge in [-0.1, -0.05) is 61.3 Å². The first-order chi connectivity index (χ1) is 9.31. The number of hydrogen-bond acceptors (Lipinski definition) is 2. The second-order valence-corrected chi connectivity index (χ2v) is 4.91. The number of ether oxygens (including phenoxy) is 2. The summed E-state index contributed by atoms with van der Waals surface area (Å²) in [6.45, 7) is 3.17. The van der Waals surface area contributed by atoms with Crippen molar-refractivity contribution in [3.05, 3.63) is 42.5 Å². The molecule has 0 aromatic heterocycles. The SMILES string of the molecule is CCCCOC(Cl)COc1cccc2ccccc12. The molecule has 0 heterocycles. The molecule has 2 nitrogen and oxygen atoms in total. The molecule has 0 saturated heterocycles. The van der Waals surface area contributed by atoms with Crippen molar-refractivity contribution in [2.45, 2.75) is 25.3 Å². The molecule has 0 bridgehead atoms. The molecule has 0 aliphatic rings. The fraction of sp³-hybridized carbons (Fsp3) is 0.375. The minimum absolute atomic E-state index is 0.360. The van der Waals surface area contributed by atoms with Crippen LogP contribution in [-0.4, -0.2) is 18.8 Å². The van der Waals surface area contributed by atoms with Gasteiger partial charge in [0.2, 0.25) is 0 Å². The standard InChI is InChI=1S/C16H19ClO2/c1-2-3-11-18-16(17)12-19-15-10-6-8-13-7-4-5-9-14(13)15/h4-10,16H,2-3,11-12H2,1H3. The van der Waals surface area contributed by atoms with Crippen LogP contribution >= 0.6 is 11.6 Å². The van der Waals surface area contributed by atoms with Gasteiger partial charge in [-0.15, -0.1) is 0 Å². The van der Waals surface area contributed by atoms with Crippen LogP contribution in [0.15, 0.2) is 42.5 Å². The predicted octanol–water partition coefficient (Wildman–Crippen LogP) is 4.60. The quantitative estimate of drug-likeness (QED) is 0.544. The van der Waals surface area contributed by atoms with Gasteiger partial charge in [0.1, 0.15) is 12.4 Å². The monoisotopic (exact) mass is 278 g/mol. The van der Waals surface area contributed by atoms with Crippen molar-refractivity contribution in [1.29, 1.82) is 0 Å². The first-order valence-corrected chi connectivity index (χ1v) is 7.11. The molecule has 0 N–H and O–H groups in total. The van der Waals surface area contributed by atoms with Crippen LogP contribution in [0.25, 0.3) is 10.8 Å². The van der Waals surface area contributed by atoms with Gasteiger partial charge < -0.3 is 9.47 Å². The van der Waals surface area contributed by atoms with E-state index >= 15 is 0 Å². The number of hydrogen-bond donors (Lipinski definition) is 0.